The van der Waals surface area contributed by atoms with Gasteiger partial charge in [-0.25, -0.2) is 4.39 Å². The summed E-state index contributed by atoms with van der Waals surface area (Å²) in [6, 6.07) is 19.8. The fraction of sp³-hybridized carbons (Fsp3) is 0. The molecular formula is C19H13ClFNO2. The van der Waals surface area contributed by atoms with E-state index in [0.29, 0.717) is 22.7 Å². The minimum atomic E-state index is -0.462. The van der Waals surface area contributed by atoms with Crippen LogP contribution in [0.2, 0.25) is 5.02 Å². The van der Waals surface area contributed by atoms with Crippen molar-refractivity contribution in [2.45, 2.75) is 0 Å². The highest BCUT2D eigenvalue weighted by Crippen LogP contribution is 2.25. The first-order valence-corrected chi connectivity index (χ1v) is 7.59. The summed E-state index contributed by atoms with van der Waals surface area (Å²) in [6.07, 6.45) is 0. The zero-order valence-electron chi connectivity index (χ0n) is 12.5. The third kappa shape index (κ3) is 3.91. The Morgan fingerprint density at radius 2 is 1.67 bits per heavy atom. The standard InChI is InChI=1S/C19H13ClFNO2/c20-17-12-14(21)9-10-18(17)22-19(23)13-5-4-8-16(11-13)24-15-6-2-1-3-7-15/h1-12H,(H,22,23). The van der Waals surface area contributed by atoms with Crippen LogP contribution < -0.4 is 10.1 Å². The number of halogens is 2. The summed E-state index contributed by atoms with van der Waals surface area (Å²) in [5, 5.41) is 2.79. The second-order valence-corrected chi connectivity index (χ2v) is 5.43. The molecule has 1 N–H and O–H groups in total. The third-order valence-electron chi connectivity index (χ3n) is 3.25. The fourth-order valence-corrected chi connectivity index (χ4v) is 2.33. The van der Waals surface area contributed by atoms with Crippen LogP contribution >= 0.6 is 11.6 Å². The van der Waals surface area contributed by atoms with Gasteiger partial charge in [-0.2, -0.15) is 0 Å². The van der Waals surface area contributed by atoms with Crippen molar-refractivity contribution in [2.75, 3.05) is 5.32 Å². The van der Waals surface area contributed by atoms with Crippen molar-refractivity contribution in [1.29, 1.82) is 0 Å². The van der Waals surface area contributed by atoms with Gasteiger partial charge in [0.2, 0.25) is 0 Å². The average Bonchev–Trinajstić information content (AvgIpc) is 2.58. The highest BCUT2D eigenvalue weighted by Gasteiger charge is 2.10. The molecule has 0 fully saturated rings. The van der Waals surface area contributed by atoms with E-state index in [1.807, 2.05) is 30.3 Å². The molecule has 3 aromatic rings. The Labute approximate surface area is 143 Å². The van der Waals surface area contributed by atoms with Crippen molar-refractivity contribution < 1.29 is 13.9 Å². The first kappa shape index (κ1) is 16.0. The lowest BCUT2D eigenvalue weighted by atomic mass is 10.2. The van der Waals surface area contributed by atoms with E-state index in [9.17, 15) is 9.18 Å². The lowest BCUT2D eigenvalue weighted by molar-refractivity contribution is 0.102. The van der Waals surface area contributed by atoms with Gasteiger partial charge in [-0.1, -0.05) is 35.9 Å². The maximum atomic E-state index is 13.1. The number of nitrogens with one attached hydrogen (secondary N) is 1. The number of hydrogen-bond donors (Lipinski definition) is 1. The fourth-order valence-electron chi connectivity index (χ4n) is 2.11. The number of benzene rings is 3. The van der Waals surface area contributed by atoms with E-state index in [1.165, 1.54) is 12.1 Å². The Morgan fingerprint density at radius 1 is 0.917 bits per heavy atom. The summed E-state index contributed by atoms with van der Waals surface area (Å²) >= 11 is 5.92. The van der Waals surface area contributed by atoms with E-state index in [1.54, 1.807) is 24.3 Å². The lowest BCUT2D eigenvalue weighted by Crippen LogP contribution is -2.12. The minimum Gasteiger partial charge on any atom is -0.457 e. The van der Waals surface area contributed by atoms with E-state index in [4.69, 9.17) is 16.3 Å². The molecule has 3 nitrogen and oxygen atoms in total. The molecule has 24 heavy (non-hydrogen) atoms. The Bertz CT molecular complexity index is 868. The second kappa shape index (κ2) is 7.15. The molecule has 0 aromatic heterocycles. The van der Waals surface area contributed by atoms with Gasteiger partial charge in [-0.05, 0) is 48.5 Å². The second-order valence-electron chi connectivity index (χ2n) is 5.02. The number of carbonyl (C=O) groups excluding carboxylic acids is 1. The van der Waals surface area contributed by atoms with Crippen LogP contribution in [-0.4, -0.2) is 5.91 Å². The molecule has 1 amide bonds. The van der Waals surface area contributed by atoms with E-state index < -0.39 is 5.82 Å². The predicted octanol–water partition coefficient (Wildman–Crippen LogP) is 5.52. The van der Waals surface area contributed by atoms with Gasteiger partial charge in [0.25, 0.3) is 5.91 Å². The Balaban J connectivity index is 1.77. The van der Waals surface area contributed by atoms with Gasteiger partial charge in [0.05, 0.1) is 10.7 Å². The lowest BCUT2D eigenvalue weighted by Gasteiger charge is -2.09. The molecule has 0 unspecified atom stereocenters. The van der Waals surface area contributed by atoms with Gasteiger partial charge in [0.15, 0.2) is 0 Å². The summed E-state index contributed by atoms with van der Waals surface area (Å²) in [6.45, 7) is 0. The molecule has 3 aromatic carbocycles. The zero-order chi connectivity index (χ0) is 16.9. The number of rotatable bonds is 4. The summed E-state index contributed by atoms with van der Waals surface area (Å²) in [4.78, 5) is 12.3. The molecule has 0 bridgehead atoms. The number of amides is 1. The molecule has 0 aliphatic heterocycles. The molecule has 120 valence electrons. The maximum absolute atomic E-state index is 13.1. The normalized spacial score (nSPS) is 10.2. The van der Waals surface area contributed by atoms with E-state index in [-0.39, 0.29) is 10.9 Å². The highest BCUT2D eigenvalue weighted by atomic mass is 35.5. The molecule has 5 heteroatoms. The zero-order valence-corrected chi connectivity index (χ0v) is 13.3. The summed E-state index contributed by atoms with van der Waals surface area (Å²) in [5.74, 6) is 0.397. The first-order valence-electron chi connectivity index (χ1n) is 7.21. The third-order valence-corrected chi connectivity index (χ3v) is 3.57. The first-order chi connectivity index (χ1) is 11.6. The van der Waals surface area contributed by atoms with Crippen molar-refractivity contribution in [2.24, 2.45) is 0 Å². The molecular weight excluding hydrogens is 329 g/mol. The summed E-state index contributed by atoms with van der Waals surface area (Å²) < 4.78 is 18.8. The number of carbonyl (C=O) groups is 1. The number of hydrogen-bond acceptors (Lipinski definition) is 2. The van der Waals surface area contributed by atoms with E-state index >= 15 is 0 Å². The molecule has 0 heterocycles. The molecule has 0 spiro atoms. The molecule has 0 radical (unpaired) electrons. The molecule has 0 aliphatic rings. The van der Waals surface area contributed by atoms with Crippen molar-refractivity contribution in [3.63, 3.8) is 0 Å². The van der Waals surface area contributed by atoms with Gasteiger partial charge < -0.3 is 10.1 Å². The van der Waals surface area contributed by atoms with Gasteiger partial charge in [-0.3, -0.25) is 4.79 Å². The summed E-state index contributed by atoms with van der Waals surface area (Å²) in [7, 11) is 0. The Morgan fingerprint density at radius 3 is 2.42 bits per heavy atom. The number of ether oxygens (including phenoxy) is 1. The average molecular weight is 342 g/mol. The largest absolute Gasteiger partial charge is 0.457 e. The van der Waals surface area contributed by atoms with Gasteiger partial charge in [0, 0.05) is 5.56 Å². The highest BCUT2D eigenvalue weighted by molar-refractivity contribution is 6.33. The predicted molar refractivity (Wildman–Crippen MR) is 92.3 cm³/mol. The van der Waals surface area contributed by atoms with Crippen LogP contribution in [0.25, 0.3) is 0 Å². The van der Waals surface area contributed by atoms with Gasteiger partial charge >= 0.3 is 0 Å². The van der Waals surface area contributed by atoms with Gasteiger partial charge in [0.1, 0.15) is 17.3 Å². The quantitative estimate of drug-likeness (QED) is 0.678. The van der Waals surface area contributed by atoms with E-state index in [0.717, 1.165) is 6.07 Å². The van der Waals surface area contributed by atoms with Crippen LogP contribution in [0, 0.1) is 5.82 Å². The van der Waals surface area contributed by atoms with Crippen molar-refractivity contribution in [3.05, 3.63) is 89.2 Å². The van der Waals surface area contributed by atoms with E-state index in [2.05, 4.69) is 5.32 Å². The molecule has 0 aliphatic carbocycles. The van der Waals surface area contributed by atoms with Crippen molar-refractivity contribution >= 4 is 23.2 Å². The topological polar surface area (TPSA) is 38.3 Å². The van der Waals surface area contributed by atoms with Crippen LogP contribution in [0.15, 0.2) is 72.8 Å². The van der Waals surface area contributed by atoms with Gasteiger partial charge in [-0.15, -0.1) is 0 Å². The van der Waals surface area contributed by atoms with Crippen LogP contribution in [0.4, 0.5) is 10.1 Å². The number of anilines is 1. The monoisotopic (exact) mass is 341 g/mol. The smallest absolute Gasteiger partial charge is 0.255 e. The van der Waals surface area contributed by atoms with Crippen LogP contribution in [0.3, 0.4) is 0 Å². The SMILES string of the molecule is O=C(Nc1ccc(F)cc1Cl)c1cccc(Oc2ccccc2)c1. The van der Waals surface area contributed by atoms with Crippen LogP contribution in [0.5, 0.6) is 11.5 Å². The summed E-state index contributed by atoms with van der Waals surface area (Å²) in [5.41, 5.74) is 0.751. The van der Waals surface area contributed by atoms with Crippen LogP contribution in [0.1, 0.15) is 10.4 Å². The van der Waals surface area contributed by atoms with Crippen molar-refractivity contribution in [3.8, 4) is 11.5 Å². The van der Waals surface area contributed by atoms with Crippen molar-refractivity contribution in [1.82, 2.24) is 0 Å². The maximum Gasteiger partial charge on any atom is 0.255 e. The molecule has 0 atom stereocenters. The number of para-hydroxylation sites is 1. The molecule has 0 saturated heterocycles. The molecule has 0 saturated carbocycles. The molecule has 3 rings (SSSR count). The minimum absolute atomic E-state index is 0.139. The Hall–Kier alpha value is -2.85. The van der Waals surface area contributed by atoms with Crippen LogP contribution in [-0.2, 0) is 0 Å². The Kier molecular flexibility index (Phi) is 4.77.